The van der Waals surface area contributed by atoms with Gasteiger partial charge in [-0.15, -0.1) is 11.3 Å². The first-order valence-electron chi connectivity index (χ1n) is 9.80. The summed E-state index contributed by atoms with van der Waals surface area (Å²) in [5.74, 6) is 2.08. The molecule has 158 valence electrons. The number of hydrogen-bond acceptors (Lipinski definition) is 6. The van der Waals surface area contributed by atoms with E-state index >= 15 is 0 Å². The Hall–Kier alpha value is -3.08. The minimum atomic E-state index is -0.150. The van der Waals surface area contributed by atoms with Gasteiger partial charge in [-0.25, -0.2) is 4.98 Å². The molecule has 3 aromatic rings. The van der Waals surface area contributed by atoms with Crippen molar-refractivity contribution in [3.63, 3.8) is 0 Å². The third kappa shape index (κ3) is 7.28. The van der Waals surface area contributed by atoms with Gasteiger partial charge in [0, 0.05) is 35.1 Å². The van der Waals surface area contributed by atoms with E-state index < -0.39 is 0 Å². The van der Waals surface area contributed by atoms with Gasteiger partial charge in [-0.1, -0.05) is 36.4 Å². The minimum Gasteiger partial charge on any atom is -0.487 e. The lowest BCUT2D eigenvalue weighted by atomic mass is 10.1. The number of aromatic nitrogens is 1. The monoisotopic (exact) mass is 449 g/mol. The molecule has 0 spiro atoms. The smallest absolute Gasteiger partial charge is 0.244 e. The van der Waals surface area contributed by atoms with E-state index in [0.717, 1.165) is 33.3 Å². The van der Waals surface area contributed by atoms with Crippen LogP contribution in [0.3, 0.4) is 0 Å². The Kier molecular flexibility index (Phi) is 8.71. The Bertz CT molecular complexity index is 1090. The molecule has 0 unspecified atom stereocenters. The fraction of sp³-hybridized carbons (Fsp3) is 0.208. The lowest BCUT2D eigenvalue weighted by molar-refractivity contribution is -0.116. The van der Waals surface area contributed by atoms with Crippen LogP contribution in [0.15, 0.2) is 60.0 Å². The summed E-state index contributed by atoms with van der Waals surface area (Å²) >= 11 is 3.28. The zero-order valence-electron chi connectivity index (χ0n) is 17.2. The average Bonchev–Trinajstić information content (AvgIpc) is 3.22. The third-order valence-corrected chi connectivity index (χ3v) is 6.15. The SMILES string of the molecule is Cc1nc(COc2ccccc2/C=C/C(=O)NCCSCc2ccccc2C#N)cs1. The Morgan fingerprint density at radius 1 is 1.26 bits per heavy atom. The number of thioether (sulfide) groups is 1. The number of hydrogen-bond donors (Lipinski definition) is 1. The maximum atomic E-state index is 12.1. The lowest BCUT2D eigenvalue weighted by Crippen LogP contribution is -2.23. The molecule has 0 aliphatic rings. The van der Waals surface area contributed by atoms with Crippen molar-refractivity contribution in [1.82, 2.24) is 10.3 Å². The second-order valence-electron chi connectivity index (χ2n) is 6.63. The van der Waals surface area contributed by atoms with Crippen molar-refractivity contribution in [2.75, 3.05) is 12.3 Å². The molecule has 1 aromatic heterocycles. The third-order valence-electron chi connectivity index (χ3n) is 4.32. The lowest BCUT2D eigenvalue weighted by Gasteiger charge is -2.08. The Morgan fingerprint density at radius 3 is 2.87 bits per heavy atom. The highest BCUT2D eigenvalue weighted by atomic mass is 32.2. The van der Waals surface area contributed by atoms with E-state index in [4.69, 9.17) is 10.00 Å². The van der Waals surface area contributed by atoms with Gasteiger partial charge < -0.3 is 10.1 Å². The molecule has 0 atom stereocenters. The van der Waals surface area contributed by atoms with E-state index in [-0.39, 0.29) is 5.91 Å². The molecule has 31 heavy (non-hydrogen) atoms. The molecular weight excluding hydrogens is 426 g/mol. The molecule has 1 N–H and O–H groups in total. The van der Waals surface area contributed by atoms with Crippen molar-refractivity contribution in [2.45, 2.75) is 19.3 Å². The van der Waals surface area contributed by atoms with Crippen molar-refractivity contribution in [3.8, 4) is 11.8 Å². The predicted molar refractivity (Wildman–Crippen MR) is 127 cm³/mol. The number of ether oxygens (including phenoxy) is 1. The van der Waals surface area contributed by atoms with Crippen LogP contribution in [-0.4, -0.2) is 23.2 Å². The first kappa shape index (κ1) is 22.6. The van der Waals surface area contributed by atoms with Gasteiger partial charge in [0.15, 0.2) is 0 Å². The van der Waals surface area contributed by atoms with Gasteiger partial charge >= 0.3 is 0 Å². The number of para-hydroxylation sites is 1. The van der Waals surface area contributed by atoms with Crippen LogP contribution in [0.1, 0.15) is 27.4 Å². The van der Waals surface area contributed by atoms with Crippen LogP contribution in [0.2, 0.25) is 0 Å². The van der Waals surface area contributed by atoms with Crippen LogP contribution in [-0.2, 0) is 17.2 Å². The van der Waals surface area contributed by atoms with Gasteiger partial charge in [0.25, 0.3) is 0 Å². The van der Waals surface area contributed by atoms with Gasteiger partial charge in [-0.2, -0.15) is 17.0 Å². The molecule has 0 fully saturated rings. The summed E-state index contributed by atoms with van der Waals surface area (Å²) in [5.41, 5.74) is 3.46. The van der Waals surface area contributed by atoms with Crippen LogP contribution >= 0.6 is 23.1 Å². The highest BCUT2D eigenvalue weighted by Gasteiger charge is 2.04. The fourth-order valence-corrected chi connectivity index (χ4v) is 4.24. The Balaban J connectivity index is 1.43. The first-order chi connectivity index (χ1) is 15.2. The highest BCUT2D eigenvalue weighted by molar-refractivity contribution is 7.98. The van der Waals surface area contributed by atoms with Crippen molar-refractivity contribution in [2.24, 2.45) is 0 Å². The molecule has 0 radical (unpaired) electrons. The van der Waals surface area contributed by atoms with E-state index in [9.17, 15) is 4.79 Å². The second kappa shape index (κ2) is 11.9. The van der Waals surface area contributed by atoms with Crippen LogP contribution in [0.4, 0.5) is 0 Å². The van der Waals surface area contributed by atoms with Crippen LogP contribution in [0.25, 0.3) is 6.08 Å². The summed E-state index contributed by atoms with van der Waals surface area (Å²) in [5, 5.41) is 15.0. The number of carbonyl (C=O) groups is 1. The van der Waals surface area contributed by atoms with Crippen molar-refractivity contribution >= 4 is 35.1 Å². The van der Waals surface area contributed by atoms with E-state index in [1.807, 2.05) is 60.8 Å². The largest absolute Gasteiger partial charge is 0.487 e. The van der Waals surface area contributed by atoms with Crippen molar-refractivity contribution in [1.29, 1.82) is 5.26 Å². The summed E-state index contributed by atoms with van der Waals surface area (Å²) in [7, 11) is 0. The van der Waals surface area contributed by atoms with E-state index in [2.05, 4.69) is 16.4 Å². The van der Waals surface area contributed by atoms with Gasteiger partial charge in [0.2, 0.25) is 5.91 Å². The number of nitrogens with zero attached hydrogens (tertiary/aromatic N) is 2. The molecule has 1 amide bonds. The molecular formula is C24H23N3O2S2. The molecule has 2 aromatic carbocycles. The molecule has 0 saturated heterocycles. The summed E-state index contributed by atoms with van der Waals surface area (Å²) in [6, 6.07) is 17.4. The molecule has 0 saturated carbocycles. The number of nitriles is 1. The van der Waals surface area contributed by atoms with Gasteiger partial charge in [-0.05, 0) is 30.7 Å². The van der Waals surface area contributed by atoms with Gasteiger partial charge in [-0.3, -0.25) is 4.79 Å². The topological polar surface area (TPSA) is 75.0 Å². The summed E-state index contributed by atoms with van der Waals surface area (Å²) < 4.78 is 5.88. The summed E-state index contributed by atoms with van der Waals surface area (Å²) in [4.78, 5) is 16.5. The molecule has 0 bridgehead atoms. The number of nitrogens with one attached hydrogen (secondary N) is 1. The Labute approximate surface area is 190 Å². The number of carbonyl (C=O) groups excluding carboxylic acids is 1. The number of thiazole rings is 1. The molecule has 3 rings (SSSR count). The highest BCUT2D eigenvalue weighted by Crippen LogP contribution is 2.21. The molecule has 5 nitrogen and oxygen atoms in total. The van der Waals surface area contributed by atoms with E-state index in [1.54, 1.807) is 29.2 Å². The summed E-state index contributed by atoms with van der Waals surface area (Å²) in [6.07, 6.45) is 3.28. The Morgan fingerprint density at radius 2 is 2.06 bits per heavy atom. The molecule has 1 heterocycles. The minimum absolute atomic E-state index is 0.150. The second-order valence-corrected chi connectivity index (χ2v) is 8.80. The van der Waals surface area contributed by atoms with Crippen molar-refractivity contribution < 1.29 is 9.53 Å². The zero-order valence-corrected chi connectivity index (χ0v) is 18.8. The maximum Gasteiger partial charge on any atom is 0.244 e. The molecule has 0 aliphatic carbocycles. The fourth-order valence-electron chi connectivity index (χ4n) is 2.78. The first-order valence-corrected chi connectivity index (χ1v) is 11.8. The maximum absolute atomic E-state index is 12.1. The van der Waals surface area contributed by atoms with Crippen LogP contribution < -0.4 is 10.1 Å². The van der Waals surface area contributed by atoms with E-state index in [1.165, 1.54) is 6.08 Å². The normalized spacial score (nSPS) is 10.7. The average molecular weight is 450 g/mol. The number of rotatable bonds is 10. The number of benzene rings is 2. The van der Waals surface area contributed by atoms with Crippen LogP contribution in [0.5, 0.6) is 5.75 Å². The zero-order chi connectivity index (χ0) is 21.9. The van der Waals surface area contributed by atoms with Crippen LogP contribution in [0, 0.1) is 18.3 Å². The standard InChI is InChI=1S/C24H23N3O2S2/c1-18-27-22(17-31-18)15-29-23-9-5-4-6-19(23)10-11-24(28)26-12-13-30-16-21-8-3-2-7-20(21)14-25/h2-11,17H,12-13,15-16H2,1H3,(H,26,28)/b11-10+. The molecule has 0 aliphatic heterocycles. The van der Waals surface area contributed by atoms with Crippen molar-refractivity contribution in [3.05, 3.63) is 87.4 Å². The van der Waals surface area contributed by atoms with Gasteiger partial charge in [0.1, 0.15) is 12.4 Å². The van der Waals surface area contributed by atoms with E-state index in [0.29, 0.717) is 24.5 Å². The quantitative estimate of drug-likeness (QED) is 0.350. The number of aryl methyl sites for hydroxylation is 1. The number of amides is 1. The summed E-state index contributed by atoms with van der Waals surface area (Å²) in [6.45, 7) is 2.92. The molecule has 7 heteroatoms. The predicted octanol–water partition coefficient (Wildman–Crippen LogP) is 4.97. The van der Waals surface area contributed by atoms with Gasteiger partial charge in [0.05, 0.1) is 22.3 Å².